The molecule has 0 saturated carbocycles. The number of urea groups is 1. The maximum atomic E-state index is 12.3. The molecule has 1 aromatic rings. The fourth-order valence-corrected chi connectivity index (χ4v) is 2.71. The summed E-state index contributed by atoms with van der Waals surface area (Å²) in [4.78, 5) is 31.5. The van der Waals surface area contributed by atoms with Crippen molar-refractivity contribution in [2.75, 3.05) is 11.4 Å². The molecule has 2 saturated heterocycles. The molecule has 1 aromatic heterocycles. The van der Waals surface area contributed by atoms with E-state index in [1.165, 1.54) is 4.90 Å². The van der Waals surface area contributed by atoms with Gasteiger partial charge in [-0.3, -0.25) is 9.78 Å². The number of piperidine rings is 1. The number of rotatable bonds is 1. The minimum atomic E-state index is -0.269. The summed E-state index contributed by atoms with van der Waals surface area (Å²) in [5.41, 5.74) is 0.613. The normalized spacial score (nSPS) is 27.6. The molecule has 2 aliphatic rings. The largest absolute Gasteiger partial charge is 0.332 e. The Hall–Kier alpha value is -1.91. The minimum absolute atomic E-state index is 0.0993. The van der Waals surface area contributed by atoms with Crippen molar-refractivity contribution in [1.29, 1.82) is 0 Å². The third kappa shape index (κ3) is 1.58. The molecule has 94 valence electrons. The molecule has 18 heavy (non-hydrogen) atoms. The lowest BCUT2D eigenvalue weighted by Gasteiger charge is -2.30. The summed E-state index contributed by atoms with van der Waals surface area (Å²) in [6.07, 6.45) is 4.93. The third-order valence-corrected chi connectivity index (χ3v) is 3.73. The van der Waals surface area contributed by atoms with Crippen LogP contribution in [0.1, 0.15) is 19.8 Å². The number of hydrogen-bond acceptors (Lipinski definition) is 3. The molecule has 3 heterocycles. The van der Waals surface area contributed by atoms with Crippen LogP contribution in [0.5, 0.6) is 0 Å². The molecular weight excluding hydrogens is 230 g/mol. The van der Waals surface area contributed by atoms with Crippen LogP contribution in [0.4, 0.5) is 10.5 Å². The number of hydrogen-bond donors (Lipinski definition) is 0. The summed E-state index contributed by atoms with van der Waals surface area (Å²) < 4.78 is 0. The van der Waals surface area contributed by atoms with Gasteiger partial charge in [0.2, 0.25) is 0 Å². The maximum absolute atomic E-state index is 12.3. The van der Waals surface area contributed by atoms with Crippen LogP contribution in [0.2, 0.25) is 0 Å². The second kappa shape index (κ2) is 4.08. The van der Waals surface area contributed by atoms with Gasteiger partial charge in [-0.15, -0.1) is 0 Å². The monoisotopic (exact) mass is 245 g/mol. The smallest absolute Gasteiger partial charge is 0.312 e. The number of carbonyl (C=O) groups excluding carboxylic acids is 2. The predicted molar refractivity (Wildman–Crippen MR) is 66.0 cm³/mol. The van der Waals surface area contributed by atoms with E-state index >= 15 is 0 Å². The molecule has 2 atom stereocenters. The summed E-state index contributed by atoms with van der Waals surface area (Å²) in [6.45, 7) is 2.81. The second-order valence-electron chi connectivity index (χ2n) is 5.00. The summed E-state index contributed by atoms with van der Waals surface area (Å²) in [5.74, 6) is 0.401. The van der Waals surface area contributed by atoms with Crippen LogP contribution < -0.4 is 4.90 Å². The first kappa shape index (κ1) is 11.2. The highest BCUT2D eigenvalue weighted by molar-refractivity contribution is 6.21. The first-order chi connectivity index (χ1) is 8.68. The zero-order chi connectivity index (χ0) is 12.7. The van der Waals surface area contributed by atoms with E-state index in [4.69, 9.17) is 0 Å². The first-order valence-corrected chi connectivity index (χ1v) is 6.23. The number of amides is 3. The Labute approximate surface area is 105 Å². The summed E-state index contributed by atoms with van der Waals surface area (Å²) in [6, 6.07) is 2.92. The van der Waals surface area contributed by atoms with E-state index < -0.39 is 0 Å². The third-order valence-electron chi connectivity index (χ3n) is 3.73. The van der Waals surface area contributed by atoms with Gasteiger partial charge < -0.3 is 4.90 Å². The van der Waals surface area contributed by atoms with Crippen LogP contribution in [-0.2, 0) is 4.79 Å². The van der Waals surface area contributed by atoms with Gasteiger partial charge in [0.1, 0.15) is 6.04 Å². The van der Waals surface area contributed by atoms with Crippen LogP contribution in [0.3, 0.4) is 0 Å². The molecule has 0 spiro atoms. The van der Waals surface area contributed by atoms with Crippen molar-refractivity contribution in [3.8, 4) is 0 Å². The Bertz CT molecular complexity index is 488. The van der Waals surface area contributed by atoms with Crippen LogP contribution >= 0.6 is 0 Å². The zero-order valence-corrected chi connectivity index (χ0v) is 10.2. The predicted octanol–water partition coefficient (Wildman–Crippen LogP) is 1.65. The average molecular weight is 245 g/mol. The molecule has 0 N–H and O–H groups in total. The number of aromatic nitrogens is 1. The molecule has 2 fully saturated rings. The average Bonchev–Trinajstić information content (AvgIpc) is 2.63. The molecule has 3 amide bonds. The SMILES string of the molecule is CC1CCN2C(=O)N(c3ccncc3)C(=O)C2C1. The van der Waals surface area contributed by atoms with Crippen LogP contribution in [0.25, 0.3) is 0 Å². The highest BCUT2D eigenvalue weighted by Crippen LogP contribution is 2.32. The lowest BCUT2D eigenvalue weighted by molar-refractivity contribution is -0.120. The highest BCUT2D eigenvalue weighted by atomic mass is 16.2. The molecule has 0 radical (unpaired) electrons. The number of fused-ring (bicyclic) bond motifs is 1. The zero-order valence-electron chi connectivity index (χ0n) is 10.2. The fourth-order valence-electron chi connectivity index (χ4n) is 2.71. The molecule has 0 aromatic carbocycles. The van der Waals surface area contributed by atoms with Crippen molar-refractivity contribution in [1.82, 2.24) is 9.88 Å². The Morgan fingerprint density at radius 1 is 1.28 bits per heavy atom. The summed E-state index contributed by atoms with van der Waals surface area (Å²) in [7, 11) is 0. The van der Waals surface area contributed by atoms with Crippen molar-refractivity contribution in [2.24, 2.45) is 5.92 Å². The van der Waals surface area contributed by atoms with Crippen molar-refractivity contribution in [2.45, 2.75) is 25.8 Å². The van der Waals surface area contributed by atoms with Crippen LogP contribution in [0, 0.1) is 5.92 Å². The summed E-state index contributed by atoms with van der Waals surface area (Å²) in [5, 5.41) is 0. The second-order valence-corrected chi connectivity index (χ2v) is 5.00. The van der Waals surface area contributed by atoms with E-state index in [1.54, 1.807) is 29.4 Å². The number of pyridine rings is 1. The van der Waals surface area contributed by atoms with Gasteiger partial charge in [0.15, 0.2) is 0 Å². The van der Waals surface area contributed by atoms with Gasteiger partial charge in [-0.25, -0.2) is 9.69 Å². The Morgan fingerprint density at radius 2 is 2.00 bits per heavy atom. The molecular formula is C13H15N3O2. The van der Waals surface area contributed by atoms with E-state index in [-0.39, 0.29) is 18.0 Å². The number of imide groups is 1. The van der Waals surface area contributed by atoms with E-state index in [0.717, 1.165) is 12.8 Å². The van der Waals surface area contributed by atoms with E-state index in [2.05, 4.69) is 11.9 Å². The van der Waals surface area contributed by atoms with Gasteiger partial charge >= 0.3 is 6.03 Å². The van der Waals surface area contributed by atoms with E-state index in [9.17, 15) is 9.59 Å². The number of carbonyl (C=O) groups is 2. The Morgan fingerprint density at radius 3 is 2.72 bits per heavy atom. The highest BCUT2D eigenvalue weighted by Gasteiger charge is 2.47. The van der Waals surface area contributed by atoms with Gasteiger partial charge in [-0.1, -0.05) is 6.92 Å². The van der Waals surface area contributed by atoms with Gasteiger partial charge in [0.05, 0.1) is 5.69 Å². The summed E-state index contributed by atoms with van der Waals surface area (Å²) >= 11 is 0. The van der Waals surface area contributed by atoms with Crippen molar-refractivity contribution < 1.29 is 9.59 Å². The Kier molecular flexibility index (Phi) is 2.54. The van der Waals surface area contributed by atoms with Gasteiger partial charge in [0, 0.05) is 18.9 Å². The Balaban J connectivity index is 1.94. The number of anilines is 1. The topological polar surface area (TPSA) is 53.5 Å². The molecule has 5 heteroatoms. The molecule has 3 rings (SSSR count). The lowest BCUT2D eigenvalue weighted by Crippen LogP contribution is -2.41. The van der Waals surface area contributed by atoms with Gasteiger partial charge in [0.25, 0.3) is 5.91 Å². The van der Waals surface area contributed by atoms with E-state index in [1.807, 2.05) is 0 Å². The molecule has 0 aliphatic carbocycles. The molecule has 2 unspecified atom stereocenters. The molecule has 2 aliphatic heterocycles. The fraction of sp³-hybridized carbons (Fsp3) is 0.462. The first-order valence-electron chi connectivity index (χ1n) is 6.23. The van der Waals surface area contributed by atoms with Crippen molar-refractivity contribution in [3.05, 3.63) is 24.5 Å². The minimum Gasteiger partial charge on any atom is -0.312 e. The standard InChI is InChI=1S/C13H15N3O2/c1-9-4-7-15-11(8-9)12(17)16(13(15)18)10-2-5-14-6-3-10/h2-3,5-6,9,11H,4,7-8H2,1H3. The van der Waals surface area contributed by atoms with E-state index in [0.29, 0.717) is 18.2 Å². The van der Waals surface area contributed by atoms with Crippen molar-refractivity contribution in [3.63, 3.8) is 0 Å². The van der Waals surface area contributed by atoms with Crippen LogP contribution in [-0.4, -0.2) is 34.4 Å². The van der Waals surface area contributed by atoms with Crippen molar-refractivity contribution >= 4 is 17.6 Å². The lowest BCUT2D eigenvalue weighted by atomic mass is 9.93. The molecule has 5 nitrogen and oxygen atoms in total. The maximum Gasteiger partial charge on any atom is 0.332 e. The number of nitrogens with zero attached hydrogens (tertiary/aromatic N) is 3. The van der Waals surface area contributed by atoms with Gasteiger partial charge in [-0.05, 0) is 30.9 Å². The molecule has 0 bridgehead atoms. The van der Waals surface area contributed by atoms with Crippen LogP contribution in [0.15, 0.2) is 24.5 Å². The quantitative estimate of drug-likeness (QED) is 0.707. The van der Waals surface area contributed by atoms with Gasteiger partial charge in [-0.2, -0.15) is 0 Å².